The lowest BCUT2D eigenvalue weighted by Crippen LogP contribution is -2.29. The molecule has 0 saturated carbocycles. The van der Waals surface area contributed by atoms with Crippen LogP contribution in [0.4, 0.5) is 0 Å². The number of thiazole rings is 1. The van der Waals surface area contributed by atoms with Crippen LogP contribution in [0.1, 0.15) is 21.1 Å². The molecule has 0 radical (unpaired) electrons. The molecule has 0 spiro atoms. The summed E-state index contributed by atoms with van der Waals surface area (Å²) in [5, 5.41) is 0.972. The first-order valence-corrected chi connectivity index (χ1v) is 8.27. The molecule has 0 bridgehead atoms. The van der Waals surface area contributed by atoms with Crippen LogP contribution in [0.25, 0.3) is 10.9 Å². The summed E-state index contributed by atoms with van der Waals surface area (Å²) in [4.78, 5) is 22.9. The van der Waals surface area contributed by atoms with Crippen molar-refractivity contribution in [3.05, 3.63) is 46.0 Å². The molecule has 3 rings (SSSR count). The van der Waals surface area contributed by atoms with Crippen molar-refractivity contribution >= 4 is 28.1 Å². The molecular weight excluding hydrogens is 310 g/mol. The van der Waals surface area contributed by atoms with Gasteiger partial charge in [0, 0.05) is 35.8 Å². The molecule has 0 saturated heterocycles. The zero-order valence-corrected chi connectivity index (χ0v) is 14.2. The molecule has 0 atom stereocenters. The van der Waals surface area contributed by atoms with Gasteiger partial charge in [0.25, 0.3) is 5.91 Å². The van der Waals surface area contributed by atoms with Gasteiger partial charge in [0.2, 0.25) is 0 Å². The average Bonchev–Trinajstić information content (AvgIpc) is 3.16. The maximum Gasteiger partial charge on any atom is 0.270 e. The largest absolute Gasteiger partial charge is 0.497 e. The van der Waals surface area contributed by atoms with E-state index >= 15 is 0 Å². The molecule has 23 heavy (non-hydrogen) atoms. The molecule has 3 aromatic rings. The number of nitrogens with one attached hydrogen (secondary N) is 1. The molecule has 1 N–H and O–H groups in total. The normalized spacial score (nSPS) is 10.9. The molecule has 120 valence electrons. The van der Waals surface area contributed by atoms with E-state index < -0.39 is 0 Å². The van der Waals surface area contributed by atoms with Crippen molar-refractivity contribution in [1.82, 2.24) is 14.9 Å². The molecule has 2 heterocycles. The maximum absolute atomic E-state index is 12.6. The summed E-state index contributed by atoms with van der Waals surface area (Å²) < 4.78 is 5.22. The van der Waals surface area contributed by atoms with Crippen molar-refractivity contribution in [2.75, 3.05) is 20.7 Å². The van der Waals surface area contributed by atoms with Gasteiger partial charge in [0.05, 0.1) is 18.3 Å². The highest BCUT2D eigenvalue weighted by atomic mass is 32.1. The lowest BCUT2D eigenvalue weighted by atomic mass is 10.2. The lowest BCUT2D eigenvalue weighted by Gasteiger charge is -2.15. The Morgan fingerprint density at radius 1 is 1.39 bits per heavy atom. The van der Waals surface area contributed by atoms with E-state index in [-0.39, 0.29) is 5.91 Å². The number of nitrogens with zero attached hydrogens (tertiary/aromatic N) is 2. The Hall–Kier alpha value is -2.34. The van der Waals surface area contributed by atoms with Crippen LogP contribution in [-0.4, -0.2) is 41.5 Å². The van der Waals surface area contributed by atoms with E-state index in [0.717, 1.165) is 28.8 Å². The predicted molar refractivity (Wildman–Crippen MR) is 92.4 cm³/mol. The number of carbonyl (C=O) groups is 1. The molecule has 5 nitrogen and oxygen atoms in total. The van der Waals surface area contributed by atoms with Gasteiger partial charge in [0.15, 0.2) is 0 Å². The van der Waals surface area contributed by atoms with Crippen LogP contribution >= 0.6 is 11.3 Å². The van der Waals surface area contributed by atoms with Crippen LogP contribution in [0, 0.1) is 6.92 Å². The van der Waals surface area contributed by atoms with Gasteiger partial charge in [0.1, 0.15) is 11.4 Å². The Morgan fingerprint density at radius 3 is 2.91 bits per heavy atom. The third-order valence-corrected chi connectivity index (χ3v) is 4.92. The average molecular weight is 329 g/mol. The van der Waals surface area contributed by atoms with Gasteiger partial charge in [-0.05, 0) is 31.2 Å². The second-order valence-corrected chi connectivity index (χ2v) is 6.41. The first kappa shape index (κ1) is 15.6. The van der Waals surface area contributed by atoms with Crippen molar-refractivity contribution in [2.24, 2.45) is 0 Å². The van der Waals surface area contributed by atoms with Crippen molar-refractivity contribution in [1.29, 1.82) is 0 Å². The van der Waals surface area contributed by atoms with Crippen LogP contribution in [0.2, 0.25) is 0 Å². The summed E-state index contributed by atoms with van der Waals surface area (Å²) in [6.07, 6.45) is 0.826. The SMILES string of the molecule is COc1ccc2[nH]c(C(=O)N(C)CCc3scnc3C)cc2c1. The number of H-pyrrole nitrogens is 1. The number of fused-ring (bicyclic) bond motifs is 1. The second-order valence-electron chi connectivity index (χ2n) is 5.47. The Morgan fingerprint density at radius 2 is 2.22 bits per heavy atom. The fourth-order valence-corrected chi connectivity index (χ4v) is 3.27. The number of ether oxygens (including phenoxy) is 1. The number of hydrogen-bond donors (Lipinski definition) is 1. The number of hydrogen-bond acceptors (Lipinski definition) is 4. The van der Waals surface area contributed by atoms with E-state index in [4.69, 9.17) is 4.74 Å². The second kappa shape index (κ2) is 6.42. The number of aromatic amines is 1. The van der Waals surface area contributed by atoms with Crippen LogP contribution in [-0.2, 0) is 6.42 Å². The number of benzene rings is 1. The third-order valence-electron chi connectivity index (χ3n) is 3.92. The van der Waals surface area contributed by atoms with Crippen LogP contribution in [0.3, 0.4) is 0 Å². The summed E-state index contributed by atoms with van der Waals surface area (Å²) in [5.74, 6) is 0.770. The molecule has 0 aliphatic carbocycles. The van der Waals surface area contributed by atoms with E-state index in [1.54, 1.807) is 23.3 Å². The number of methoxy groups -OCH3 is 1. The first-order chi connectivity index (χ1) is 11.1. The zero-order chi connectivity index (χ0) is 16.4. The van der Waals surface area contributed by atoms with Crippen LogP contribution < -0.4 is 4.74 Å². The van der Waals surface area contributed by atoms with Gasteiger partial charge >= 0.3 is 0 Å². The van der Waals surface area contributed by atoms with Gasteiger partial charge in [-0.1, -0.05) is 0 Å². The van der Waals surface area contributed by atoms with E-state index in [2.05, 4.69) is 9.97 Å². The van der Waals surface area contributed by atoms with Crippen molar-refractivity contribution in [2.45, 2.75) is 13.3 Å². The number of aryl methyl sites for hydroxylation is 1. The highest BCUT2D eigenvalue weighted by Gasteiger charge is 2.15. The fraction of sp³-hybridized carbons (Fsp3) is 0.294. The number of amides is 1. The summed E-state index contributed by atoms with van der Waals surface area (Å²) in [6, 6.07) is 7.59. The zero-order valence-electron chi connectivity index (χ0n) is 13.4. The highest BCUT2D eigenvalue weighted by molar-refractivity contribution is 7.09. The number of rotatable bonds is 5. The van der Waals surface area contributed by atoms with E-state index in [1.807, 2.05) is 43.7 Å². The molecule has 2 aromatic heterocycles. The van der Waals surface area contributed by atoms with Gasteiger partial charge < -0.3 is 14.6 Å². The number of carbonyl (C=O) groups excluding carboxylic acids is 1. The topological polar surface area (TPSA) is 58.2 Å². The predicted octanol–water partition coefficient (Wildman–Crippen LogP) is 3.26. The minimum atomic E-state index is -0.0117. The molecule has 0 unspecified atom stereocenters. The van der Waals surface area contributed by atoms with Gasteiger partial charge in [-0.2, -0.15) is 0 Å². The number of likely N-dealkylation sites (N-methyl/N-ethyl adjacent to an activating group) is 1. The third kappa shape index (κ3) is 3.22. The molecular formula is C17H19N3O2S. The molecule has 1 aromatic carbocycles. The summed E-state index contributed by atoms with van der Waals surface area (Å²) >= 11 is 1.64. The van der Waals surface area contributed by atoms with Crippen molar-refractivity contribution < 1.29 is 9.53 Å². The van der Waals surface area contributed by atoms with E-state index in [1.165, 1.54) is 4.88 Å². The van der Waals surface area contributed by atoms with Crippen LogP contribution in [0.5, 0.6) is 5.75 Å². The molecule has 0 aliphatic rings. The number of aromatic nitrogens is 2. The summed E-state index contributed by atoms with van der Waals surface area (Å²) in [7, 11) is 3.46. The highest BCUT2D eigenvalue weighted by Crippen LogP contribution is 2.22. The molecule has 0 fully saturated rings. The fourth-order valence-electron chi connectivity index (χ4n) is 2.50. The summed E-state index contributed by atoms with van der Waals surface area (Å²) in [6.45, 7) is 2.67. The minimum absolute atomic E-state index is 0.0117. The standard InChI is InChI=1S/C17H19N3O2S/c1-11-16(23-10-18-11)6-7-20(2)17(21)15-9-12-8-13(22-3)4-5-14(12)19-15/h4-5,8-10,19H,6-7H2,1-3H3. The molecule has 6 heteroatoms. The Kier molecular flexibility index (Phi) is 4.34. The monoisotopic (exact) mass is 329 g/mol. The Bertz CT molecular complexity index is 837. The maximum atomic E-state index is 12.6. The van der Waals surface area contributed by atoms with E-state index in [0.29, 0.717) is 12.2 Å². The molecule has 1 amide bonds. The van der Waals surface area contributed by atoms with Gasteiger partial charge in [-0.15, -0.1) is 11.3 Å². The Labute approximate surface area is 138 Å². The van der Waals surface area contributed by atoms with Crippen molar-refractivity contribution in [3.8, 4) is 5.75 Å². The lowest BCUT2D eigenvalue weighted by molar-refractivity contribution is 0.0792. The minimum Gasteiger partial charge on any atom is -0.497 e. The Balaban J connectivity index is 1.72. The smallest absolute Gasteiger partial charge is 0.270 e. The summed E-state index contributed by atoms with van der Waals surface area (Å²) in [5.41, 5.74) is 4.42. The quantitative estimate of drug-likeness (QED) is 0.781. The van der Waals surface area contributed by atoms with E-state index in [9.17, 15) is 4.79 Å². The van der Waals surface area contributed by atoms with Crippen molar-refractivity contribution in [3.63, 3.8) is 0 Å². The van der Waals surface area contributed by atoms with Gasteiger partial charge in [-0.3, -0.25) is 4.79 Å². The van der Waals surface area contributed by atoms with Crippen LogP contribution in [0.15, 0.2) is 29.8 Å². The first-order valence-electron chi connectivity index (χ1n) is 7.39. The molecule has 0 aliphatic heterocycles. The van der Waals surface area contributed by atoms with Gasteiger partial charge in [-0.25, -0.2) is 4.98 Å².